The summed E-state index contributed by atoms with van der Waals surface area (Å²) in [6.45, 7) is 2.33. The van der Waals surface area contributed by atoms with E-state index in [2.05, 4.69) is 12.2 Å². The molecular formula is C8H15N. The lowest BCUT2D eigenvalue weighted by Gasteiger charge is -2.10. The average molecular weight is 125 g/mol. The smallest absolute Gasteiger partial charge is 0.00708 e. The van der Waals surface area contributed by atoms with Gasteiger partial charge >= 0.3 is 0 Å². The molecule has 2 saturated carbocycles. The molecule has 1 atom stereocenters. The Bertz CT molecular complexity index is 103. The van der Waals surface area contributed by atoms with Gasteiger partial charge in [-0.1, -0.05) is 0 Å². The van der Waals surface area contributed by atoms with E-state index in [0.717, 1.165) is 18.0 Å². The van der Waals surface area contributed by atoms with Crippen LogP contribution in [0.4, 0.5) is 0 Å². The molecule has 0 aromatic carbocycles. The zero-order chi connectivity index (χ0) is 6.27. The molecule has 0 spiro atoms. The first kappa shape index (κ1) is 5.72. The topological polar surface area (TPSA) is 12.0 Å². The van der Waals surface area contributed by atoms with Crippen molar-refractivity contribution in [2.45, 2.75) is 44.7 Å². The quantitative estimate of drug-likeness (QED) is 0.603. The van der Waals surface area contributed by atoms with Gasteiger partial charge in [-0.2, -0.15) is 0 Å². The highest BCUT2D eigenvalue weighted by Crippen LogP contribution is 2.34. The number of hydrogen-bond acceptors (Lipinski definition) is 1. The summed E-state index contributed by atoms with van der Waals surface area (Å²) in [5.41, 5.74) is 0. The second kappa shape index (κ2) is 1.98. The first-order valence-corrected chi connectivity index (χ1v) is 4.12. The molecule has 1 heteroatoms. The fourth-order valence-electron chi connectivity index (χ4n) is 1.35. The van der Waals surface area contributed by atoms with Crippen molar-refractivity contribution in [1.82, 2.24) is 5.32 Å². The van der Waals surface area contributed by atoms with Gasteiger partial charge < -0.3 is 5.32 Å². The summed E-state index contributed by atoms with van der Waals surface area (Å²) in [5, 5.41) is 3.62. The lowest BCUT2D eigenvalue weighted by atomic mass is 10.2. The molecule has 0 aromatic heterocycles. The van der Waals surface area contributed by atoms with Crippen LogP contribution in [0.5, 0.6) is 0 Å². The van der Waals surface area contributed by atoms with Crippen LogP contribution in [0.25, 0.3) is 0 Å². The van der Waals surface area contributed by atoms with Gasteiger partial charge in [0.1, 0.15) is 0 Å². The van der Waals surface area contributed by atoms with Crippen molar-refractivity contribution in [2.24, 2.45) is 5.92 Å². The van der Waals surface area contributed by atoms with Crippen LogP contribution in [0.2, 0.25) is 0 Å². The van der Waals surface area contributed by atoms with Crippen molar-refractivity contribution in [3.8, 4) is 0 Å². The van der Waals surface area contributed by atoms with E-state index < -0.39 is 0 Å². The fraction of sp³-hybridized carbons (Fsp3) is 1.00. The Kier molecular flexibility index (Phi) is 1.26. The molecule has 0 saturated heterocycles. The maximum Gasteiger partial charge on any atom is 0.00708 e. The minimum Gasteiger partial charge on any atom is -0.311 e. The highest BCUT2D eigenvalue weighted by atomic mass is 15.0. The Morgan fingerprint density at radius 3 is 2.33 bits per heavy atom. The van der Waals surface area contributed by atoms with E-state index >= 15 is 0 Å². The normalized spacial score (nSPS) is 30.3. The molecule has 0 amide bonds. The molecule has 2 fully saturated rings. The van der Waals surface area contributed by atoms with E-state index in [9.17, 15) is 0 Å². The Hall–Kier alpha value is -0.0400. The van der Waals surface area contributed by atoms with Gasteiger partial charge in [-0.3, -0.25) is 0 Å². The van der Waals surface area contributed by atoms with Crippen molar-refractivity contribution in [3.05, 3.63) is 0 Å². The van der Waals surface area contributed by atoms with Gasteiger partial charge in [0.25, 0.3) is 0 Å². The molecule has 2 rings (SSSR count). The number of hydrogen-bond donors (Lipinski definition) is 1. The van der Waals surface area contributed by atoms with Crippen molar-refractivity contribution in [1.29, 1.82) is 0 Å². The van der Waals surface area contributed by atoms with E-state index in [0.29, 0.717) is 0 Å². The van der Waals surface area contributed by atoms with Crippen molar-refractivity contribution < 1.29 is 0 Å². The van der Waals surface area contributed by atoms with Gasteiger partial charge in [0.2, 0.25) is 0 Å². The van der Waals surface area contributed by atoms with Crippen molar-refractivity contribution >= 4 is 0 Å². The minimum atomic E-state index is 0.817. The van der Waals surface area contributed by atoms with Crippen LogP contribution in [-0.4, -0.2) is 12.1 Å². The second-order valence-corrected chi connectivity index (χ2v) is 3.57. The third-order valence-electron chi connectivity index (χ3n) is 2.41. The van der Waals surface area contributed by atoms with Crippen LogP contribution in [-0.2, 0) is 0 Å². The maximum absolute atomic E-state index is 3.62. The number of rotatable bonds is 3. The molecule has 0 aliphatic heterocycles. The molecule has 0 heterocycles. The standard InChI is InChI=1S/C8H15N/c1-6(7-2-3-7)9-8-4-5-8/h6-9H,2-5H2,1H3/t6-/m1/s1. The molecule has 1 N–H and O–H groups in total. The predicted octanol–water partition coefficient (Wildman–Crippen LogP) is 1.54. The summed E-state index contributed by atoms with van der Waals surface area (Å²) in [7, 11) is 0. The lowest BCUT2D eigenvalue weighted by Crippen LogP contribution is -2.29. The predicted molar refractivity (Wildman–Crippen MR) is 38.3 cm³/mol. The van der Waals surface area contributed by atoms with Gasteiger partial charge in [0.15, 0.2) is 0 Å². The zero-order valence-electron chi connectivity index (χ0n) is 6.06. The van der Waals surface area contributed by atoms with Crippen LogP contribution in [0.1, 0.15) is 32.6 Å². The summed E-state index contributed by atoms with van der Waals surface area (Å²) < 4.78 is 0. The molecule has 9 heavy (non-hydrogen) atoms. The number of nitrogens with one attached hydrogen (secondary N) is 1. The molecule has 2 aliphatic carbocycles. The molecule has 0 unspecified atom stereocenters. The van der Waals surface area contributed by atoms with Gasteiger partial charge in [-0.15, -0.1) is 0 Å². The van der Waals surface area contributed by atoms with Gasteiger partial charge in [0.05, 0.1) is 0 Å². The third-order valence-corrected chi connectivity index (χ3v) is 2.41. The molecule has 0 bridgehead atoms. The SMILES string of the molecule is C[C@@H](NC1CC1)C1CC1. The van der Waals surface area contributed by atoms with Crippen LogP contribution in [0, 0.1) is 5.92 Å². The first-order chi connectivity index (χ1) is 4.36. The molecule has 2 aliphatic rings. The van der Waals surface area contributed by atoms with Gasteiger partial charge in [0, 0.05) is 12.1 Å². The highest BCUT2D eigenvalue weighted by molar-refractivity contribution is 4.90. The summed E-state index contributed by atoms with van der Waals surface area (Å²) in [6.07, 6.45) is 5.80. The van der Waals surface area contributed by atoms with Gasteiger partial charge in [-0.25, -0.2) is 0 Å². The Balaban J connectivity index is 1.69. The third kappa shape index (κ3) is 1.45. The highest BCUT2D eigenvalue weighted by Gasteiger charge is 2.31. The van der Waals surface area contributed by atoms with Crippen molar-refractivity contribution in [3.63, 3.8) is 0 Å². The van der Waals surface area contributed by atoms with Crippen molar-refractivity contribution in [2.75, 3.05) is 0 Å². The molecule has 0 aromatic rings. The molecule has 1 nitrogen and oxygen atoms in total. The van der Waals surface area contributed by atoms with E-state index in [4.69, 9.17) is 0 Å². The Labute approximate surface area is 56.8 Å². The van der Waals surface area contributed by atoms with E-state index in [1.165, 1.54) is 25.7 Å². The van der Waals surface area contributed by atoms with Crippen LogP contribution >= 0.6 is 0 Å². The van der Waals surface area contributed by atoms with Crippen LogP contribution in [0.15, 0.2) is 0 Å². The largest absolute Gasteiger partial charge is 0.311 e. The Morgan fingerprint density at radius 1 is 1.22 bits per heavy atom. The summed E-state index contributed by atoms with van der Waals surface area (Å²) in [6, 6.07) is 1.72. The zero-order valence-corrected chi connectivity index (χ0v) is 6.06. The molecule has 0 radical (unpaired) electrons. The molecular weight excluding hydrogens is 110 g/mol. The summed E-state index contributed by atoms with van der Waals surface area (Å²) in [5.74, 6) is 1.03. The summed E-state index contributed by atoms with van der Waals surface area (Å²) in [4.78, 5) is 0. The molecule has 52 valence electrons. The van der Waals surface area contributed by atoms with E-state index in [1.807, 2.05) is 0 Å². The first-order valence-electron chi connectivity index (χ1n) is 4.12. The van der Waals surface area contributed by atoms with Crippen LogP contribution in [0.3, 0.4) is 0 Å². The van der Waals surface area contributed by atoms with Gasteiger partial charge in [-0.05, 0) is 38.5 Å². The van der Waals surface area contributed by atoms with E-state index in [1.54, 1.807) is 0 Å². The maximum atomic E-state index is 3.62. The fourth-order valence-corrected chi connectivity index (χ4v) is 1.35. The second-order valence-electron chi connectivity index (χ2n) is 3.57. The average Bonchev–Trinajstić information content (AvgIpc) is 2.62. The van der Waals surface area contributed by atoms with Crippen LogP contribution < -0.4 is 5.32 Å². The lowest BCUT2D eigenvalue weighted by molar-refractivity contribution is 0.494. The summed E-state index contributed by atoms with van der Waals surface area (Å²) >= 11 is 0. The monoisotopic (exact) mass is 125 g/mol. The Morgan fingerprint density at radius 2 is 1.89 bits per heavy atom. The van der Waals surface area contributed by atoms with E-state index in [-0.39, 0.29) is 0 Å². The minimum absolute atomic E-state index is 0.817.